The van der Waals surface area contributed by atoms with Crippen LogP contribution in [0.25, 0.3) is 0 Å². The molecule has 0 radical (unpaired) electrons. The minimum atomic E-state index is -0.382. The smallest absolute Gasteiger partial charge is 0.324 e. The van der Waals surface area contributed by atoms with Gasteiger partial charge in [0.1, 0.15) is 11.6 Å². The van der Waals surface area contributed by atoms with Crippen LogP contribution in [-0.4, -0.2) is 37.2 Å². The van der Waals surface area contributed by atoms with E-state index in [1.54, 1.807) is 0 Å². The summed E-state index contributed by atoms with van der Waals surface area (Å²) < 4.78 is 5.34. The first-order valence-corrected chi connectivity index (χ1v) is 5.10. The molecule has 2 rings (SSSR count). The molecule has 1 spiro atoms. The highest BCUT2D eigenvalue weighted by Gasteiger charge is 2.55. The van der Waals surface area contributed by atoms with E-state index in [0.29, 0.717) is 0 Å². The second-order valence-electron chi connectivity index (χ2n) is 5.31. The molecule has 0 bridgehead atoms. The Balaban J connectivity index is 1.93. The van der Waals surface area contributed by atoms with Crippen molar-refractivity contribution in [2.75, 3.05) is 19.6 Å². The van der Waals surface area contributed by atoms with Crippen LogP contribution in [0.4, 0.5) is 0 Å². The zero-order valence-corrected chi connectivity index (χ0v) is 9.02. The van der Waals surface area contributed by atoms with E-state index in [-0.39, 0.29) is 23.0 Å². The molecule has 0 amide bonds. The molecule has 0 aromatic rings. The lowest BCUT2D eigenvalue weighted by Crippen LogP contribution is -2.78. The monoisotopic (exact) mass is 198 g/mol. The Morgan fingerprint density at radius 2 is 2.00 bits per heavy atom. The van der Waals surface area contributed by atoms with Gasteiger partial charge in [0.25, 0.3) is 0 Å². The topological polar surface area (TPSA) is 50.4 Å². The van der Waals surface area contributed by atoms with Gasteiger partial charge < -0.3 is 15.4 Å². The summed E-state index contributed by atoms with van der Waals surface area (Å²) in [5.41, 5.74) is -0.227. The summed E-state index contributed by atoms with van der Waals surface area (Å²) in [6.07, 6.45) is 0. The maximum Gasteiger partial charge on any atom is 0.324 e. The van der Waals surface area contributed by atoms with Gasteiger partial charge in [-0.05, 0) is 20.8 Å². The fourth-order valence-electron chi connectivity index (χ4n) is 1.96. The number of carbonyl (C=O) groups is 1. The fraction of sp³-hybridized carbons (Fsp3) is 0.900. The summed E-state index contributed by atoms with van der Waals surface area (Å²) in [6.45, 7) is 8.50. The van der Waals surface area contributed by atoms with Gasteiger partial charge in [0.2, 0.25) is 0 Å². The SMILES string of the molecule is CC(C)(C)OC(=O)[C@H]1NCC12CNC2. The second kappa shape index (κ2) is 2.94. The molecule has 2 aliphatic heterocycles. The van der Waals surface area contributed by atoms with E-state index in [1.165, 1.54) is 0 Å². The molecule has 2 fully saturated rings. The summed E-state index contributed by atoms with van der Waals surface area (Å²) >= 11 is 0. The van der Waals surface area contributed by atoms with Crippen LogP contribution in [0.15, 0.2) is 0 Å². The van der Waals surface area contributed by atoms with Gasteiger partial charge in [0.05, 0.1) is 0 Å². The van der Waals surface area contributed by atoms with Crippen molar-refractivity contribution in [2.24, 2.45) is 5.41 Å². The third-order valence-electron chi connectivity index (χ3n) is 2.87. The van der Waals surface area contributed by atoms with Gasteiger partial charge in [-0.15, -0.1) is 0 Å². The number of esters is 1. The summed E-state index contributed by atoms with van der Waals surface area (Å²) in [5.74, 6) is -0.106. The van der Waals surface area contributed by atoms with Crippen LogP contribution in [0.3, 0.4) is 0 Å². The maximum absolute atomic E-state index is 11.7. The normalized spacial score (nSPS) is 29.2. The van der Waals surface area contributed by atoms with Crippen LogP contribution in [0.1, 0.15) is 20.8 Å². The van der Waals surface area contributed by atoms with Crippen LogP contribution in [-0.2, 0) is 9.53 Å². The predicted molar refractivity (Wildman–Crippen MR) is 52.9 cm³/mol. The molecule has 14 heavy (non-hydrogen) atoms. The van der Waals surface area contributed by atoms with Crippen molar-refractivity contribution in [2.45, 2.75) is 32.4 Å². The zero-order valence-electron chi connectivity index (χ0n) is 9.02. The number of ether oxygens (including phenoxy) is 1. The minimum absolute atomic E-state index is 0.0945. The van der Waals surface area contributed by atoms with Crippen molar-refractivity contribution in [1.29, 1.82) is 0 Å². The van der Waals surface area contributed by atoms with E-state index in [9.17, 15) is 4.79 Å². The molecular formula is C10H18N2O2. The highest BCUT2D eigenvalue weighted by molar-refractivity contribution is 5.79. The van der Waals surface area contributed by atoms with Crippen LogP contribution in [0.2, 0.25) is 0 Å². The molecular weight excluding hydrogens is 180 g/mol. The molecule has 2 heterocycles. The number of nitrogens with one attached hydrogen (secondary N) is 2. The summed E-state index contributed by atoms with van der Waals surface area (Å²) in [7, 11) is 0. The van der Waals surface area contributed by atoms with E-state index in [0.717, 1.165) is 19.6 Å². The van der Waals surface area contributed by atoms with Crippen molar-refractivity contribution < 1.29 is 9.53 Å². The average Bonchev–Trinajstić information content (AvgIpc) is 1.73. The Bertz CT molecular complexity index is 248. The molecule has 0 saturated carbocycles. The molecule has 2 saturated heterocycles. The number of hydrogen-bond donors (Lipinski definition) is 2. The summed E-state index contributed by atoms with van der Waals surface area (Å²) in [5, 5.41) is 6.35. The molecule has 4 heteroatoms. The first kappa shape index (κ1) is 9.93. The average molecular weight is 198 g/mol. The van der Waals surface area contributed by atoms with Gasteiger partial charge in [-0.25, -0.2) is 0 Å². The lowest BCUT2D eigenvalue weighted by Gasteiger charge is -2.55. The van der Waals surface area contributed by atoms with E-state index in [2.05, 4.69) is 10.6 Å². The fourth-order valence-corrected chi connectivity index (χ4v) is 1.96. The Kier molecular flexibility index (Phi) is 2.08. The second-order valence-corrected chi connectivity index (χ2v) is 5.31. The molecule has 0 unspecified atom stereocenters. The highest BCUT2D eigenvalue weighted by Crippen LogP contribution is 2.34. The van der Waals surface area contributed by atoms with Crippen molar-refractivity contribution in [3.05, 3.63) is 0 Å². The van der Waals surface area contributed by atoms with Gasteiger partial charge in [-0.1, -0.05) is 0 Å². The lowest BCUT2D eigenvalue weighted by atomic mass is 9.69. The number of rotatable bonds is 1. The number of hydrogen-bond acceptors (Lipinski definition) is 4. The molecule has 0 aliphatic carbocycles. The van der Waals surface area contributed by atoms with Crippen LogP contribution >= 0.6 is 0 Å². The highest BCUT2D eigenvalue weighted by atomic mass is 16.6. The molecule has 2 aliphatic rings. The molecule has 0 aromatic heterocycles. The first-order valence-electron chi connectivity index (χ1n) is 5.10. The predicted octanol–water partition coefficient (Wildman–Crippen LogP) is -0.110. The Morgan fingerprint density at radius 1 is 1.36 bits per heavy atom. The van der Waals surface area contributed by atoms with E-state index in [1.807, 2.05) is 20.8 Å². The van der Waals surface area contributed by atoms with Crippen molar-refractivity contribution in [1.82, 2.24) is 10.6 Å². The van der Waals surface area contributed by atoms with Gasteiger partial charge in [-0.3, -0.25) is 4.79 Å². The van der Waals surface area contributed by atoms with E-state index >= 15 is 0 Å². The van der Waals surface area contributed by atoms with Gasteiger partial charge >= 0.3 is 5.97 Å². The van der Waals surface area contributed by atoms with E-state index < -0.39 is 0 Å². The van der Waals surface area contributed by atoms with Gasteiger partial charge in [-0.2, -0.15) is 0 Å². The quantitative estimate of drug-likeness (QED) is 0.577. The van der Waals surface area contributed by atoms with Gasteiger partial charge in [0, 0.05) is 25.0 Å². The van der Waals surface area contributed by atoms with Crippen molar-refractivity contribution in [3.8, 4) is 0 Å². The van der Waals surface area contributed by atoms with Crippen LogP contribution in [0.5, 0.6) is 0 Å². The molecule has 1 atom stereocenters. The van der Waals surface area contributed by atoms with E-state index in [4.69, 9.17) is 4.74 Å². The number of carbonyl (C=O) groups excluding carboxylic acids is 1. The van der Waals surface area contributed by atoms with Crippen molar-refractivity contribution in [3.63, 3.8) is 0 Å². The van der Waals surface area contributed by atoms with Crippen LogP contribution < -0.4 is 10.6 Å². The Labute approximate surface area is 84.4 Å². The van der Waals surface area contributed by atoms with Crippen molar-refractivity contribution >= 4 is 5.97 Å². The first-order chi connectivity index (χ1) is 6.43. The Hall–Kier alpha value is -0.610. The molecule has 80 valence electrons. The molecule has 4 nitrogen and oxygen atoms in total. The van der Waals surface area contributed by atoms with Crippen LogP contribution in [0, 0.1) is 5.41 Å². The van der Waals surface area contributed by atoms with Gasteiger partial charge in [0.15, 0.2) is 0 Å². The lowest BCUT2D eigenvalue weighted by molar-refractivity contribution is -0.168. The third kappa shape index (κ3) is 1.53. The maximum atomic E-state index is 11.7. The standard InChI is InChI=1S/C10H18N2O2/c1-9(2,3)14-8(13)7-10(6-12-7)4-11-5-10/h7,11-12H,4-6H2,1-3H3/t7-/m1/s1. The largest absolute Gasteiger partial charge is 0.459 e. The zero-order chi connectivity index (χ0) is 10.4. The third-order valence-corrected chi connectivity index (χ3v) is 2.87. The Morgan fingerprint density at radius 3 is 2.29 bits per heavy atom. The minimum Gasteiger partial charge on any atom is -0.459 e. The molecule has 2 N–H and O–H groups in total. The molecule has 0 aromatic carbocycles. The summed E-state index contributed by atoms with van der Waals surface area (Å²) in [6, 6.07) is -0.0945. The summed E-state index contributed by atoms with van der Waals surface area (Å²) in [4.78, 5) is 11.7.